The van der Waals surface area contributed by atoms with E-state index in [1.54, 1.807) is 18.3 Å². The van der Waals surface area contributed by atoms with Gasteiger partial charge in [-0.25, -0.2) is 4.98 Å². The van der Waals surface area contributed by atoms with Crippen molar-refractivity contribution in [3.63, 3.8) is 0 Å². The summed E-state index contributed by atoms with van der Waals surface area (Å²) in [6, 6.07) is 7.19. The highest BCUT2D eigenvalue weighted by atomic mass is 35.5. The van der Waals surface area contributed by atoms with Crippen molar-refractivity contribution in [2.45, 2.75) is 6.10 Å². The number of hydrogen-bond donors (Lipinski definition) is 1. The van der Waals surface area contributed by atoms with Gasteiger partial charge in [-0.05, 0) is 23.8 Å². The van der Waals surface area contributed by atoms with E-state index in [4.69, 9.17) is 33.7 Å². The van der Waals surface area contributed by atoms with Crippen molar-refractivity contribution in [1.82, 2.24) is 9.97 Å². The standard InChI is InChI=1S/C14H14Cl2N4O/c15-10-2-1-9(7-11(10)16)12-8-20(5-6-21-12)14-18-4-3-13(17)19-14/h1-4,7,12H,5-6,8H2,(H2,17,18,19). The second kappa shape index (κ2) is 6.05. The minimum atomic E-state index is -0.0986. The molecule has 0 spiro atoms. The van der Waals surface area contributed by atoms with E-state index in [-0.39, 0.29) is 6.10 Å². The molecule has 2 heterocycles. The molecule has 1 unspecified atom stereocenters. The highest BCUT2D eigenvalue weighted by Crippen LogP contribution is 2.29. The predicted molar refractivity (Wildman–Crippen MR) is 83.8 cm³/mol. The molecule has 1 aliphatic heterocycles. The van der Waals surface area contributed by atoms with Gasteiger partial charge in [-0.3, -0.25) is 0 Å². The molecule has 3 rings (SSSR count). The van der Waals surface area contributed by atoms with Crippen molar-refractivity contribution < 1.29 is 4.74 Å². The summed E-state index contributed by atoms with van der Waals surface area (Å²) in [5.41, 5.74) is 6.69. The van der Waals surface area contributed by atoms with Gasteiger partial charge in [0.2, 0.25) is 5.95 Å². The summed E-state index contributed by atoms with van der Waals surface area (Å²) < 4.78 is 5.81. The number of benzene rings is 1. The van der Waals surface area contributed by atoms with Crippen molar-refractivity contribution in [2.24, 2.45) is 0 Å². The van der Waals surface area contributed by atoms with Crippen molar-refractivity contribution in [3.05, 3.63) is 46.1 Å². The number of morpholine rings is 1. The van der Waals surface area contributed by atoms with Crippen LogP contribution in [0.15, 0.2) is 30.5 Å². The number of anilines is 2. The monoisotopic (exact) mass is 324 g/mol. The fourth-order valence-corrected chi connectivity index (χ4v) is 2.57. The summed E-state index contributed by atoms with van der Waals surface area (Å²) in [5, 5.41) is 1.06. The van der Waals surface area contributed by atoms with Gasteiger partial charge in [0.15, 0.2) is 0 Å². The molecule has 7 heteroatoms. The van der Waals surface area contributed by atoms with Crippen molar-refractivity contribution in [1.29, 1.82) is 0 Å². The average molecular weight is 325 g/mol. The third kappa shape index (κ3) is 3.20. The highest BCUT2D eigenvalue weighted by molar-refractivity contribution is 6.42. The highest BCUT2D eigenvalue weighted by Gasteiger charge is 2.24. The zero-order valence-corrected chi connectivity index (χ0v) is 12.7. The number of nitrogen functional groups attached to an aromatic ring is 1. The average Bonchev–Trinajstić information content (AvgIpc) is 2.50. The molecule has 1 atom stereocenters. The largest absolute Gasteiger partial charge is 0.384 e. The molecular weight excluding hydrogens is 311 g/mol. The van der Waals surface area contributed by atoms with Crippen LogP contribution in [0.5, 0.6) is 0 Å². The van der Waals surface area contributed by atoms with Crippen molar-refractivity contribution in [2.75, 3.05) is 30.3 Å². The molecule has 1 saturated heterocycles. The maximum atomic E-state index is 6.06. The lowest BCUT2D eigenvalue weighted by Crippen LogP contribution is -2.39. The van der Waals surface area contributed by atoms with Gasteiger partial charge in [0, 0.05) is 12.7 Å². The van der Waals surface area contributed by atoms with E-state index >= 15 is 0 Å². The molecule has 1 aromatic carbocycles. The van der Waals surface area contributed by atoms with Gasteiger partial charge in [0.25, 0.3) is 0 Å². The van der Waals surface area contributed by atoms with Gasteiger partial charge < -0.3 is 15.4 Å². The summed E-state index contributed by atoms with van der Waals surface area (Å²) in [4.78, 5) is 10.6. The Morgan fingerprint density at radius 2 is 2.10 bits per heavy atom. The van der Waals surface area contributed by atoms with Crippen LogP contribution in [0.4, 0.5) is 11.8 Å². The van der Waals surface area contributed by atoms with Gasteiger partial charge in [0.05, 0.1) is 23.2 Å². The molecule has 0 bridgehead atoms. The Kier molecular flexibility index (Phi) is 4.14. The van der Waals surface area contributed by atoms with Gasteiger partial charge in [-0.2, -0.15) is 4.98 Å². The number of halogens is 2. The van der Waals surface area contributed by atoms with Crippen LogP contribution in [0.1, 0.15) is 11.7 Å². The number of rotatable bonds is 2. The smallest absolute Gasteiger partial charge is 0.227 e. The summed E-state index contributed by atoms with van der Waals surface area (Å²) in [7, 11) is 0. The Morgan fingerprint density at radius 1 is 1.24 bits per heavy atom. The summed E-state index contributed by atoms with van der Waals surface area (Å²) in [6.45, 7) is 1.95. The molecule has 0 saturated carbocycles. The Hall–Kier alpha value is -1.56. The van der Waals surface area contributed by atoms with E-state index in [1.807, 2.05) is 17.0 Å². The van der Waals surface area contributed by atoms with Crippen LogP contribution in [0.3, 0.4) is 0 Å². The fraction of sp³-hybridized carbons (Fsp3) is 0.286. The minimum Gasteiger partial charge on any atom is -0.384 e. The van der Waals surface area contributed by atoms with E-state index in [1.165, 1.54) is 0 Å². The molecule has 1 aliphatic rings. The lowest BCUT2D eigenvalue weighted by molar-refractivity contribution is 0.0392. The maximum absolute atomic E-state index is 6.06. The quantitative estimate of drug-likeness (QED) is 0.920. The zero-order valence-electron chi connectivity index (χ0n) is 11.2. The first kappa shape index (κ1) is 14.4. The summed E-state index contributed by atoms with van der Waals surface area (Å²) in [5.74, 6) is 1.07. The minimum absolute atomic E-state index is 0.0986. The first-order valence-electron chi connectivity index (χ1n) is 6.53. The molecule has 2 N–H and O–H groups in total. The molecule has 1 fully saturated rings. The van der Waals surface area contributed by atoms with Crippen LogP contribution >= 0.6 is 23.2 Å². The SMILES string of the molecule is Nc1ccnc(N2CCOC(c3ccc(Cl)c(Cl)c3)C2)n1. The second-order valence-electron chi connectivity index (χ2n) is 4.76. The van der Waals surface area contributed by atoms with E-state index in [9.17, 15) is 0 Å². The van der Waals surface area contributed by atoms with Gasteiger partial charge in [0.1, 0.15) is 11.9 Å². The van der Waals surface area contributed by atoms with Crippen molar-refractivity contribution >= 4 is 35.0 Å². The Balaban J connectivity index is 1.80. The third-order valence-corrected chi connectivity index (χ3v) is 4.07. The second-order valence-corrected chi connectivity index (χ2v) is 5.57. The van der Waals surface area contributed by atoms with Crippen LogP contribution in [-0.2, 0) is 4.74 Å². The van der Waals surface area contributed by atoms with E-state index in [0.29, 0.717) is 35.0 Å². The third-order valence-electron chi connectivity index (χ3n) is 3.33. The Bertz CT molecular complexity index is 653. The van der Waals surface area contributed by atoms with Gasteiger partial charge in [-0.1, -0.05) is 29.3 Å². The van der Waals surface area contributed by atoms with Crippen LogP contribution in [0.25, 0.3) is 0 Å². The number of nitrogens with zero attached hydrogens (tertiary/aromatic N) is 3. The van der Waals surface area contributed by atoms with Crippen LogP contribution in [0, 0.1) is 0 Å². The first-order valence-corrected chi connectivity index (χ1v) is 7.29. The lowest BCUT2D eigenvalue weighted by atomic mass is 10.1. The van der Waals surface area contributed by atoms with Crippen molar-refractivity contribution in [3.8, 4) is 0 Å². The lowest BCUT2D eigenvalue weighted by Gasteiger charge is -2.33. The van der Waals surface area contributed by atoms with Crippen LogP contribution < -0.4 is 10.6 Å². The molecule has 0 amide bonds. The molecule has 110 valence electrons. The predicted octanol–water partition coefficient (Wildman–Crippen LogP) is 2.94. The first-order chi connectivity index (χ1) is 10.1. The summed E-state index contributed by atoms with van der Waals surface area (Å²) >= 11 is 12.0. The molecular formula is C14H14Cl2N4O. The van der Waals surface area contributed by atoms with E-state index in [0.717, 1.165) is 12.1 Å². The molecule has 5 nitrogen and oxygen atoms in total. The summed E-state index contributed by atoms with van der Waals surface area (Å²) in [6.07, 6.45) is 1.56. The maximum Gasteiger partial charge on any atom is 0.227 e. The molecule has 0 radical (unpaired) electrons. The van der Waals surface area contributed by atoms with Crippen LogP contribution in [0.2, 0.25) is 10.0 Å². The Labute approximate surface area is 132 Å². The zero-order chi connectivity index (χ0) is 14.8. The number of aromatic nitrogens is 2. The number of hydrogen-bond acceptors (Lipinski definition) is 5. The molecule has 21 heavy (non-hydrogen) atoms. The molecule has 2 aromatic rings. The number of nitrogens with two attached hydrogens (primary N) is 1. The van der Waals surface area contributed by atoms with Gasteiger partial charge >= 0.3 is 0 Å². The molecule has 1 aromatic heterocycles. The normalized spacial score (nSPS) is 18.8. The van der Waals surface area contributed by atoms with E-state index < -0.39 is 0 Å². The number of ether oxygens (including phenoxy) is 1. The molecule has 0 aliphatic carbocycles. The topological polar surface area (TPSA) is 64.3 Å². The van der Waals surface area contributed by atoms with Crippen LogP contribution in [-0.4, -0.2) is 29.7 Å². The Morgan fingerprint density at radius 3 is 2.86 bits per heavy atom. The van der Waals surface area contributed by atoms with E-state index in [2.05, 4.69) is 9.97 Å². The van der Waals surface area contributed by atoms with Gasteiger partial charge in [-0.15, -0.1) is 0 Å². The fourth-order valence-electron chi connectivity index (χ4n) is 2.26.